The normalized spacial score (nSPS) is 10.6. The van der Waals surface area contributed by atoms with Gasteiger partial charge < -0.3 is 9.88 Å². The van der Waals surface area contributed by atoms with Gasteiger partial charge in [0.05, 0.1) is 6.33 Å². The summed E-state index contributed by atoms with van der Waals surface area (Å²) in [6, 6.07) is 13.9. The third-order valence-corrected chi connectivity index (χ3v) is 4.71. The Bertz CT molecular complexity index is 944. The van der Waals surface area contributed by atoms with Gasteiger partial charge in [0.1, 0.15) is 0 Å². The molecule has 1 N–H and O–H groups in total. The number of benzene rings is 2. The molecule has 0 radical (unpaired) electrons. The van der Waals surface area contributed by atoms with Crippen molar-refractivity contribution >= 4 is 11.7 Å². The van der Waals surface area contributed by atoms with E-state index in [0.29, 0.717) is 12.1 Å². The van der Waals surface area contributed by atoms with Gasteiger partial charge >= 0.3 is 0 Å². The number of nitrogens with zero attached hydrogens (tertiary/aromatic N) is 2. The van der Waals surface area contributed by atoms with Gasteiger partial charge in [0, 0.05) is 43.9 Å². The van der Waals surface area contributed by atoms with Crippen LogP contribution in [0.3, 0.4) is 0 Å². The van der Waals surface area contributed by atoms with Crippen LogP contribution in [0, 0.1) is 13.8 Å². The largest absolute Gasteiger partial charge is 0.352 e. The number of amides is 1. The van der Waals surface area contributed by atoms with E-state index in [1.807, 2.05) is 67.1 Å². The molecule has 0 fully saturated rings. The Morgan fingerprint density at radius 1 is 1.00 bits per heavy atom. The first-order chi connectivity index (χ1) is 13.5. The Balaban J connectivity index is 1.45. The second-order valence-corrected chi connectivity index (χ2v) is 7.07. The van der Waals surface area contributed by atoms with Crippen molar-refractivity contribution in [2.45, 2.75) is 39.8 Å². The molecule has 1 amide bonds. The standard InChI is InChI=1S/C23H25N3O2/c1-17-3-4-18(2)21(13-17)22(27)9-10-23(28)25-14-19-5-7-20(8-6-19)15-26-12-11-24-16-26/h3-8,11-13,16H,9-10,14-15H2,1-2H3,(H,25,28). The maximum atomic E-state index is 12.4. The molecule has 5 heteroatoms. The van der Waals surface area contributed by atoms with Crippen LogP contribution < -0.4 is 5.32 Å². The summed E-state index contributed by atoms with van der Waals surface area (Å²) in [6.07, 6.45) is 5.89. The molecule has 0 aliphatic heterocycles. The predicted molar refractivity (Wildman–Crippen MR) is 109 cm³/mol. The minimum absolute atomic E-state index is 0.0141. The molecule has 0 saturated heterocycles. The topological polar surface area (TPSA) is 64.0 Å². The molecule has 0 spiro atoms. The minimum atomic E-state index is -0.110. The van der Waals surface area contributed by atoms with E-state index < -0.39 is 0 Å². The second-order valence-electron chi connectivity index (χ2n) is 7.07. The highest BCUT2D eigenvalue weighted by molar-refractivity contribution is 5.99. The van der Waals surface area contributed by atoms with Crippen molar-refractivity contribution in [2.24, 2.45) is 0 Å². The number of carbonyl (C=O) groups is 2. The third-order valence-electron chi connectivity index (χ3n) is 4.71. The van der Waals surface area contributed by atoms with Crippen LogP contribution in [0.1, 0.15) is 45.5 Å². The van der Waals surface area contributed by atoms with Crippen molar-refractivity contribution in [1.29, 1.82) is 0 Å². The maximum absolute atomic E-state index is 12.4. The summed E-state index contributed by atoms with van der Waals surface area (Å²) >= 11 is 0. The number of carbonyl (C=O) groups excluding carboxylic acids is 2. The van der Waals surface area contributed by atoms with Gasteiger partial charge in [0.2, 0.25) is 5.91 Å². The lowest BCUT2D eigenvalue weighted by Gasteiger charge is -2.08. The first-order valence-electron chi connectivity index (χ1n) is 9.42. The van der Waals surface area contributed by atoms with Crippen LogP contribution in [0.2, 0.25) is 0 Å². The van der Waals surface area contributed by atoms with Crippen LogP contribution >= 0.6 is 0 Å². The number of hydrogen-bond acceptors (Lipinski definition) is 3. The summed E-state index contributed by atoms with van der Waals surface area (Å²) in [4.78, 5) is 28.5. The smallest absolute Gasteiger partial charge is 0.220 e. The molecular weight excluding hydrogens is 350 g/mol. The number of aryl methyl sites for hydroxylation is 2. The van der Waals surface area contributed by atoms with E-state index in [0.717, 1.165) is 23.2 Å². The molecule has 0 unspecified atom stereocenters. The summed E-state index contributed by atoms with van der Waals surface area (Å²) in [5.41, 5.74) is 4.92. The SMILES string of the molecule is Cc1ccc(C)c(C(=O)CCC(=O)NCc2ccc(Cn3ccnc3)cc2)c1. The number of imidazole rings is 1. The van der Waals surface area contributed by atoms with Gasteiger partial charge in [-0.25, -0.2) is 4.98 Å². The first-order valence-corrected chi connectivity index (χ1v) is 9.42. The minimum Gasteiger partial charge on any atom is -0.352 e. The van der Waals surface area contributed by atoms with Crippen LogP contribution in [0.25, 0.3) is 0 Å². The zero-order valence-electron chi connectivity index (χ0n) is 16.3. The maximum Gasteiger partial charge on any atom is 0.220 e. The van der Waals surface area contributed by atoms with Gasteiger partial charge in [0.15, 0.2) is 5.78 Å². The van der Waals surface area contributed by atoms with Crippen molar-refractivity contribution in [1.82, 2.24) is 14.9 Å². The average Bonchev–Trinajstić information content (AvgIpc) is 3.20. The molecule has 1 aromatic heterocycles. The molecule has 5 nitrogen and oxygen atoms in total. The lowest BCUT2D eigenvalue weighted by atomic mass is 9.99. The Morgan fingerprint density at radius 2 is 1.75 bits per heavy atom. The average molecular weight is 375 g/mol. The number of rotatable bonds is 8. The summed E-state index contributed by atoms with van der Waals surface area (Å²) in [5.74, 6) is -0.0960. The Kier molecular flexibility index (Phi) is 6.37. The van der Waals surface area contributed by atoms with E-state index in [-0.39, 0.29) is 24.5 Å². The number of hydrogen-bond donors (Lipinski definition) is 1. The second kappa shape index (κ2) is 9.13. The van der Waals surface area contributed by atoms with E-state index in [4.69, 9.17) is 0 Å². The number of ketones is 1. The van der Waals surface area contributed by atoms with E-state index in [9.17, 15) is 9.59 Å². The van der Waals surface area contributed by atoms with Crippen LogP contribution in [-0.4, -0.2) is 21.2 Å². The summed E-state index contributed by atoms with van der Waals surface area (Å²) in [6.45, 7) is 5.11. The predicted octanol–water partition coefficient (Wildman–Crippen LogP) is 3.83. The van der Waals surface area contributed by atoms with Crippen LogP contribution in [0.5, 0.6) is 0 Å². The molecule has 0 aliphatic carbocycles. The summed E-state index contributed by atoms with van der Waals surface area (Å²) in [5, 5.41) is 2.89. The number of Topliss-reactive ketones (excluding diaryl/α,β-unsaturated/α-hetero) is 1. The number of aromatic nitrogens is 2. The van der Waals surface area contributed by atoms with Crippen molar-refractivity contribution < 1.29 is 9.59 Å². The van der Waals surface area contributed by atoms with E-state index in [1.54, 1.807) is 12.5 Å². The van der Waals surface area contributed by atoms with E-state index >= 15 is 0 Å². The van der Waals surface area contributed by atoms with Gasteiger partial charge in [-0.2, -0.15) is 0 Å². The Labute approximate surface area is 165 Å². The van der Waals surface area contributed by atoms with Crippen molar-refractivity contribution in [3.8, 4) is 0 Å². The van der Waals surface area contributed by atoms with Crippen LogP contribution in [0.15, 0.2) is 61.2 Å². The summed E-state index contributed by atoms with van der Waals surface area (Å²) < 4.78 is 2.00. The van der Waals surface area contributed by atoms with Crippen LogP contribution in [-0.2, 0) is 17.9 Å². The molecule has 3 rings (SSSR count). The van der Waals surface area contributed by atoms with Gasteiger partial charge in [-0.3, -0.25) is 9.59 Å². The summed E-state index contributed by atoms with van der Waals surface area (Å²) in [7, 11) is 0. The monoisotopic (exact) mass is 375 g/mol. The molecule has 0 aliphatic rings. The van der Waals surface area contributed by atoms with Gasteiger partial charge in [-0.1, -0.05) is 42.0 Å². The lowest BCUT2D eigenvalue weighted by molar-refractivity contribution is -0.121. The molecule has 1 heterocycles. The molecule has 0 atom stereocenters. The quantitative estimate of drug-likeness (QED) is 0.609. The molecule has 0 saturated carbocycles. The lowest BCUT2D eigenvalue weighted by Crippen LogP contribution is -2.23. The highest BCUT2D eigenvalue weighted by Gasteiger charge is 2.12. The van der Waals surface area contributed by atoms with Gasteiger partial charge in [-0.05, 0) is 36.6 Å². The fraction of sp³-hybridized carbons (Fsp3) is 0.261. The zero-order chi connectivity index (χ0) is 19.9. The van der Waals surface area contributed by atoms with Crippen molar-refractivity contribution in [2.75, 3.05) is 0 Å². The molecular formula is C23H25N3O2. The highest BCUT2D eigenvalue weighted by atomic mass is 16.2. The number of nitrogens with one attached hydrogen (secondary N) is 1. The fourth-order valence-electron chi connectivity index (χ4n) is 3.04. The van der Waals surface area contributed by atoms with Crippen molar-refractivity contribution in [3.05, 3.63) is 89.0 Å². The molecule has 0 bridgehead atoms. The fourth-order valence-corrected chi connectivity index (χ4v) is 3.04. The molecule has 2 aromatic carbocycles. The van der Waals surface area contributed by atoms with Gasteiger partial charge in [-0.15, -0.1) is 0 Å². The molecule has 144 valence electrons. The third kappa shape index (κ3) is 5.39. The van der Waals surface area contributed by atoms with E-state index in [2.05, 4.69) is 10.3 Å². The first kappa shape index (κ1) is 19.5. The van der Waals surface area contributed by atoms with E-state index in [1.165, 1.54) is 5.56 Å². The highest BCUT2D eigenvalue weighted by Crippen LogP contribution is 2.14. The Hall–Kier alpha value is -3.21. The van der Waals surface area contributed by atoms with Crippen LogP contribution in [0.4, 0.5) is 0 Å². The van der Waals surface area contributed by atoms with Gasteiger partial charge in [0.25, 0.3) is 0 Å². The molecule has 3 aromatic rings. The zero-order valence-corrected chi connectivity index (χ0v) is 16.3. The van der Waals surface area contributed by atoms with Crippen molar-refractivity contribution in [3.63, 3.8) is 0 Å². The molecule has 28 heavy (non-hydrogen) atoms. The Morgan fingerprint density at radius 3 is 2.46 bits per heavy atom.